The van der Waals surface area contributed by atoms with Gasteiger partial charge in [0, 0.05) is 45.8 Å². The van der Waals surface area contributed by atoms with E-state index in [2.05, 4.69) is 39.7 Å². The van der Waals surface area contributed by atoms with Crippen LogP contribution in [0.15, 0.2) is 41.8 Å². The van der Waals surface area contributed by atoms with E-state index in [-0.39, 0.29) is 23.7 Å². The molecule has 0 aromatic carbocycles. The molecule has 0 aliphatic rings. The molecule has 13 nitrogen and oxygen atoms in total. The number of aromatic nitrogens is 3. The van der Waals surface area contributed by atoms with E-state index in [4.69, 9.17) is 11.5 Å². The summed E-state index contributed by atoms with van der Waals surface area (Å²) in [6.07, 6.45) is 6.78. The lowest BCUT2D eigenvalue weighted by Crippen LogP contribution is -2.28. The first-order chi connectivity index (χ1) is 19.3. The number of aliphatic imine (C=N–C) groups is 1. The first-order valence-corrected chi connectivity index (χ1v) is 13.5. The van der Waals surface area contributed by atoms with E-state index in [9.17, 15) is 14.4 Å². The van der Waals surface area contributed by atoms with Crippen LogP contribution in [0.2, 0.25) is 0 Å². The van der Waals surface area contributed by atoms with Crippen LogP contribution in [0.3, 0.4) is 0 Å². The normalized spacial score (nSPS) is 11.1. The molecule has 41 heavy (non-hydrogen) atoms. The van der Waals surface area contributed by atoms with Gasteiger partial charge in [0.15, 0.2) is 5.96 Å². The molecule has 13 heteroatoms. The molecule has 0 fully saturated rings. The zero-order valence-corrected chi connectivity index (χ0v) is 24.7. The van der Waals surface area contributed by atoms with Crippen LogP contribution in [0, 0.1) is 5.92 Å². The van der Waals surface area contributed by atoms with Crippen LogP contribution in [0.25, 0.3) is 0 Å². The summed E-state index contributed by atoms with van der Waals surface area (Å²) in [5.74, 6) is -0.589. The zero-order valence-electron chi connectivity index (χ0n) is 24.7. The number of amides is 3. The van der Waals surface area contributed by atoms with Crippen molar-refractivity contribution in [1.29, 1.82) is 0 Å². The number of nitrogens with one attached hydrogen (secondary N) is 3. The minimum Gasteiger partial charge on any atom is -0.370 e. The molecular weight excluding hydrogens is 524 g/mol. The van der Waals surface area contributed by atoms with Gasteiger partial charge in [0.25, 0.3) is 17.7 Å². The van der Waals surface area contributed by atoms with Gasteiger partial charge in [0.1, 0.15) is 17.1 Å². The highest BCUT2D eigenvalue weighted by molar-refractivity contribution is 6.07. The first-order valence-electron chi connectivity index (χ1n) is 13.5. The summed E-state index contributed by atoms with van der Waals surface area (Å²) in [7, 11) is 7.40. The molecule has 3 aromatic heterocycles. The van der Waals surface area contributed by atoms with Crippen LogP contribution >= 0.6 is 0 Å². The first kappa shape index (κ1) is 31.0. The summed E-state index contributed by atoms with van der Waals surface area (Å²) in [5.41, 5.74) is 13.4. The van der Waals surface area contributed by atoms with Gasteiger partial charge in [-0.05, 0) is 57.6 Å². The van der Waals surface area contributed by atoms with Gasteiger partial charge >= 0.3 is 0 Å². The van der Waals surface area contributed by atoms with Crippen LogP contribution in [-0.4, -0.2) is 69.5 Å². The van der Waals surface area contributed by atoms with Crippen LogP contribution in [0.1, 0.15) is 58.2 Å². The predicted octanol–water partition coefficient (Wildman–Crippen LogP) is 2.30. The summed E-state index contributed by atoms with van der Waals surface area (Å²) < 4.78 is 5.10. The van der Waals surface area contributed by atoms with Gasteiger partial charge in [-0.2, -0.15) is 0 Å². The Balaban J connectivity index is 1.72. The Hall–Kier alpha value is -4.52. The van der Waals surface area contributed by atoms with Gasteiger partial charge in [-0.1, -0.05) is 13.8 Å². The number of hydrogen-bond donors (Lipinski definition) is 5. The number of nitrogens with zero attached hydrogens (tertiary/aromatic N) is 5. The highest BCUT2D eigenvalue weighted by Gasteiger charge is 2.19. The van der Waals surface area contributed by atoms with Gasteiger partial charge in [-0.15, -0.1) is 0 Å². The van der Waals surface area contributed by atoms with E-state index in [1.807, 2.05) is 18.7 Å². The van der Waals surface area contributed by atoms with Gasteiger partial charge in [-0.3, -0.25) is 14.4 Å². The molecule has 0 saturated carbocycles. The SMILES string of the molecule is CC(C)CCn1cc(NC(=O)c2cc(NC(=O)c3cc(N=C(N)N)cn3C)cn2C)cc1C(=O)NCCCN(C)C. The lowest BCUT2D eigenvalue weighted by Gasteiger charge is -2.12. The van der Waals surface area contributed by atoms with Crippen molar-refractivity contribution in [2.75, 3.05) is 37.8 Å². The van der Waals surface area contributed by atoms with Crippen molar-refractivity contribution in [3.8, 4) is 0 Å². The Morgan fingerprint density at radius 1 is 0.878 bits per heavy atom. The average molecular weight is 567 g/mol. The van der Waals surface area contributed by atoms with E-state index in [0.29, 0.717) is 53.2 Å². The van der Waals surface area contributed by atoms with Gasteiger partial charge in [0.05, 0.1) is 17.1 Å². The Labute approximate surface area is 240 Å². The minimum absolute atomic E-state index is 0.107. The van der Waals surface area contributed by atoms with Crippen LogP contribution < -0.4 is 27.4 Å². The molecule has 3 aromatic rings. The van der Waals surface area contributed by atoms with Crippen molar-refractivity contribution in [2.24, 2.45) is 36.5 Å². The molecular formula is C28H42N10O3. The molecule has 0 aliphatic carbocycles. The molecule has 7 N–H and O–H groups in total. The number of anilines is 2. The number of carbonyl (C=O) groups excluding carboxylic acids is 3. The van der Waals surface area contributed by atoms with Gasteiger partial charge < -0.3 is 46.0 Å². The van der Waals surface area contributed by atoms with Crippen molar-refractivity contribution in [3.63, 3.8) is 0 Å². The van der Waals surface area contributed by atoms with Gasteiger partial charge in [-0.25, -0.2) is 4.99 Å². The maximum absolute atomic E-state index is 13.2. The summed E-state index contributed by atoms with van der Waals surface area (Å²) in [6, 6.07) is 4.83. The molecule has 0 radical (unpaired) electrons. The van der Waals surface area contributed by atoms with Crippen molar-refractivity contribution < 1.29 is 14.4 Å². The predicted molar refractivity (Wildman–Crippen MR) is 162 cm³/mol. The standard InChI is InChI=1S/C28H42N10O3/c1-18(2)8-11-38-17-21(14-24(38)25(39)31-9-7-10-35(3)4)33-27(41)22-12-19(15-36(22)5)32-26(40)23-13-20(16-37(23)6)34-28(29)30/h12-18H,7-11H2,1-6H3,(H,31,39)(H,32,40)(H,33,41)(H4,29,30,34). The fourth-order valence-electron chi connectivity index (χ4n) is 4.27. The molecule has 0 aliphatic heterocycles. The van der Waals surface area contributed by atoms with Crippen molar-refractivity contribution in [1.82, 2.24) is 23.9 Å². The molecule has 0 atom stereocenters. The second-order valence-electron chi connectivity index (χ2n) is 10.8. The van der Waals surface area contributed by atoms with Crippen molar-refractivity contribution in [3.05, 3.63) is 53.9 Å². The molecule has 0 bridgehead atoms. The third-order valence-corrected chi connectivity index (χ3v) is 6.38. The number of carbonyl (C=O) groups is 3. The summed E-state index contributed by atoms with van der Waals surface area (Å²) in [4.78, 5) is 45.0. The second kappa shape index (κ2) is 13.7. The number of nitrogens with two attached hydrogens (primary N) is 2. The van der Waals surface area contributed by atoms with E-state index in [1.54, 1.807) is 60.0 Å². The third kappa shape index (κ3) is 8.73. The smallest absolute Gasteiger partial charge is 0.272 e. The Bertz CT molecular complexity index is 1410. The number of rotatable bonds is 13. The lowest BCUT2D eigenvalue weighted by molar-refractivity contribution is 0.0940. The average Bonchev–Trinajstić information content (AvgIpc) is 3.56. The summed E-state index contributed by atoms with van der Waals surface area (Å²) in [6.45, 7) is 6.33. The number of guanidine groups is 1. The Morgan fingerprint density at radius 2 is 1.46 bits per heavy atom. The third-order valence-electron chi connectivity index (χ3n) is 6.38. The fraction of sp³-hybridized carbons (Fsp3) is 0.429. The molecule has 3 rings (SSSR count). The Morgan fingerprint density at radius 3 is 2.07 bits per heavy atom. The van der Waals surface area contributed by atoms with Crippen LogP contribution in [0.4, 0.5) is 17.1 Å². The monoisotopic (exact) mass is 566 g/mol. The van der Waals surface area contributed by atoms with Crippen LogP contribution in [-0.2, 0) is 20.6 Å². The van der Waals surface area contributed by atoms with E-state index >= 15 is 0 Å². The topological polar surface area (TPSA) is 170 Å². The molecule has 3 heterocycles. The zero-order chi connectivity index (χ0) is 30.3. The second-order valence-corrected chi connectivity index (χ2v) is 10.8. The van der Waals surface area contributed by atoms with Crippen molar-refractivity contribution in [2.45, 2.75) is 33.2 Å². The molecule has 0 saturated heterocycles. The van der Waals surface area contributed by atoms with Crippen molar-refractivity contribution >= 4 is 40.7 Å². The Kier molecular flexibility index (Phi) is 10.4. The number of hydrogen-bond acceptors (Lipinski definition) is 5. The molecule has 0 spiro atoms. The number of aryl methyl sites for hydroxylation is 3. The maximum Gasteiger partial charge on any atom is 0.272 e. The lowest BCUT2D eigenvalue weighted by atomic mass is 10.1. The maximum atomic E-state index is 13.2. The largest absolute Gasteiger partial charge is 0.370 e. The summed E-state index contributed by atoms with van der Waals surface area (Å²) >= 11 is 0. The van der Waals surface area contributed by atoms with Gasteiger partial charge in [0.2, 0.25) is 0 Å². The fourth-order valence-corrected chi connectivity index (χ4v) is 4.27. The highest BCUT2D eigenvalue weighted by Crippen LogP contribution is 2.21. The quantitative estimate of drug-likeness (QED) is 0.121. The molecule has 0 unspecified atom stereocenters. The molecule has 222 valence electrons. The molecule has 3 amide bonds. The minimum atomic E-state index is -0.384. The summed E-state index contributed by atoms with van der Waals surface area (Å²) in [5, 5.41) is 8.67. The van der Waals surface area contributed by atoms with Crippen LogP contribution in [0.5, 0.6) is 0 Å². The van der Waals surface area contributed by atoms with E-state index in [1.165, 1.54) is 0 Å². The van der Waals surface area contributed by atoms with E-state index in [0.717, 1.165) is 19.4 Å². The highest BCUT2D eigenvalue weighted by atomic mass is 16.2. The van der Waals surface area contributed by atoms with E-state index < -0.39 is 0 Å².